The number of carbonyl (C=O) groups is 2. The van der Waals surface area contributed by atoms with Crippen molar-refractivity contribution in [2.45, 2.75) is 11.4 Å². The number of anilines is 2. The number of nitrogens with one attached hydrogen (secondary N) is 2. The number of nitrogens with two attached hydrogens (primary N) is 1. The van der Waals surface area contributed by atoms with Gasteiger partial charge in [0.25, 0.3) is 5.91 Å². The summed E-state index contributed by atoms with van der Waals surface area (Å²) in [5, 5.41) is 7.94. The number of amides is 2. The van der Waals surface area contributed by atoms with E-state index >= 15 is 0 Å². The number of thioether (sulfide) groups is 1. The third kappa shape index (κ3) is 3.07. The van der Waals surface area contributed by atoms with Crippen molar-refractivity contribution >= 4 is 46.3 Å². The molecule has 1 aliphatic rings. The lowest BCUT2D eigenvalue weighted by atomic mass is 10.2. The van der Waals surface area contributed by atoms with E-state index in [-0.39, 0.29) is 11.8 Å². The summed E-state index contributed by atoms with van der Waals surface area (Å²) in [5.41, 5.74) is 7.16. The Morgan fingerprint density at radius 1 is 1.48 bits per heavy atom. The van der Waals surface area contributed by atoms with E-state index in [9.17, 15) is 9.59 Å². The van der Waals surface area contributed by atoms with Gasteiger partial charge in [0.05, 0.1) is 11.4 Å². The van der Waals surface area contributed by atoms with Crippen molar-refractivity contribution in [2.24, 2.45) is 5.73 Å². The molecule has 1 aliphatic heterocycles. The molecule has 3 rings (SSSR count). The second kappa shape index (κ2) is 5.84. The van der Waals surface area contributed by atoms with Crippen molar-refractivity contribution in [3.8, 4) is 0 Å². The molecule has 0 bridgehead atoms. The highest BCUT2D eigenvalue weighted by Gasteiger charge is 2.16. The molecule has 2 amide bonds. The number of thiazole rings is 1. The minimum absolute atomic E-state index is 0.0388. The van der Waals surface area contributed by atoms with Crippen LogP contribution in [0.1, 0.15) is 15.5 Å². The summed E-state index contributed by atoms with van der Waals surface area (Å²) in [5.74, 6) is 0.0862. The van der Waals surface area contributed by atoms with Crippen LogP contribution in [0, 0.1) is 0 Å². The van der Waals surface area contributed by atoms with Gasteiger partial charge in [-0.1, -0.05) is 0 Å². The molecule has 4 N–H and O–H groups in total. The van der Waals surface area contributed by atoms with Gasteiger partial charge in [-0.2, -0.15) is 0 Å². The molecule has 0 aliphatic carbocycles. The molecule has 0 saturated heterocycles. The Morgan fingerprint density at radius 2 is 2.33 bits per heavy atom. The number of rotatable bonds is 3. The number of carbonyl (C=O) groups excluding carboxylic acids is 2. The Labute approximate surface area is 129 Å². The number of fused-ring (bicyclic) bond motifs is 1. The van der Waals surface area contributed by atoms with E-state index in [2.05, 4.69) is 15.6 Å². The summed E-state index contributed by atoms with van der Waals surface area (Å²) in [4.78, 5) is 28.6. The summed E-state index contributed by atoms with van der Waals surface area (Å²) in [7, 11) is 0. The van der Waals surface area contributed by atoms with Crippen molar-refractivity contribution in [3.05, 3.63) is 34.3 Å². The van der Waals surface area contributed by atoms with Crippen molar-refractivity contribution in [2.75, 3.05) is 16.4 Å². The summed E-state index contributed by atoms with van der Waals surface area (Å²) in [6.45, 7) is 0.319. The van der Waals surface area contributed by atoms with Gasteiger partial charge in [0.15, 0.2) is 0 Å². The van der Waals surface area contributed by atoms with Gasteiger partial charge in [-0.3, -0.25) is 9.59 Å². The number of hydrogen-bond donors (Lipinski definition) is 3. The van der Waals surface area contributed by atoms with Crippen molar-refractivity contribution in [1.82, 2.24) is 4.98 Å². The first-order chi connectivity index (χ1) is 10.2. The van der Waals surface area contributed by atoms with Crippen LogP contribution >= 0.6 is 23.1 Å². The van der Waals surface area contributed by atoms with Crippen LogP contribution in [0.15, 0.2) is 28.5 Å². The second-order valence-corrected chi connectivity index (χ2v) is 6.29. The minimum Gasteiger partial charge on any atom is -0.325 e. The highest BCUT2D eigenvalue weighted by atomic mass is 32.2. The average Bonchev–Trinajstić information content (AvgIpc) is 2.96. The lowest BCUT2D eigenvalue weighted by Gasteiger charge is -2.17. The van der Waals surface area contributed by atoms with Crippen LogP contribution in [0.3, 0.4) is 0 Å². The fraction of sp³-hybridized carbons (Fsp3) is 0.154. The molecule has 0 atom stereocenters. The zero-order valence-corrected chi connectivity index (χ0v) is 12.5. The molecule has 0 spiro atoms. The van der Waals surface area contributed by atoms with Crippen molar-refractivity contribution < 1.29 is 9.59 Å². The molecule has 0 fully saturated rings. The first-order valence-corrected chi connectivity index (χ1v) is 8.05. The maximum Gasteiger partial charge on any atom is 0.275 e. The predicted molar refractivity (Wildman–Crippen MR) is 83.8 cm³/mol. The molecule has 21 heavy (non-hydrogen) atoms. The highest BCUT2D eigenvalue weighted by Crippen LogP contribution is 2.33. The van der Waals surface area contributed by atoms with E-state index in [1.165, 1.54) is 23.1 Å². The minimum atomic E-state index is -0.291. The van der Waals surface area contributed by atoms with E-state index in [1.54, 1.807) is 17.5 Å². The third-order valence-electron chi connectivity index (χ3n) is 2.83. The number of benzene rings is 1. The molecule has 1 aromatic heterocycles. The van der Waals surface area contributed by atoms with Gasteiger partial charge in [0, 0.05) is 22.5 Å². The predicted octanol–water partition coefficient (Wildman–Crippen LogP) is 1.90. The molecule has 6 nitrogen and oxygen atoms in total. The van der Waals surface area contributed by atoms with Crippen LogP contribution in [0.4, 0.5) is 11.4 Å². The Hall–Kier alpha value is -1.90. The molecule has 2 aromatic rings. The Bertz CT molecular complexity index is 714. The number of hydrogen-bond acceptors (Lipinski definition) is 6. The highest BCUT2D eigenvalue weighted by molar-refractivity contribution is 8.00. The number of nitrogens with zero attached hydrogens (tertiary/aromatic N) is 1. The zero-order valence-electron chi connectivity index (χ0n) is 10.9. The maximum atomic E-state index is 12.1. The van der Waals surface area contributed by atoms with E-state index in [1.807, 2.05) is 6.07 Å². The molecule has 2 heterocycles. The molecule has 8 heteroatoms. The van der Waals surface area contributed by atoms with Crippen LogP contribution in [0.25, 0.3) is 0 Å². The molecule has 1 aromatic carbocycles. The summed E-state index contributed by atoms with van der Waals surface area (Å²) < 4.78 is 0. The van der Waals surface area contributed by atoms with Gasteiger partial charge in [-0.25, -0.2) is 4.98 Å². The molecule has 0 saturated carbocycles. The fourth-order valence-electron chi connectivity index (χ4n) is 1.86. The van der Waals surface area contributed by atoms with E-state index in [0.717, 1.165) is 10.6 Å². The normalized spacial score (nSPS) is 13.5. The third-order valence-corrected chi connectivity index (χ3v) is 4.77. The quantitative estimate of drug-likeness (QED) is 0.802. The lowest BCUT2D eigenvalue weighted by molar-refractivity contribution is -0.113. The van der Waals surface area contributed by atoms with Crippen molar-refractivity contribution in [1.29, 1.82) is 0 Å². The van der Waals surface area contributed by atoms with E-state index in [0.29, 0.717) is 28.7 Å². The van der Waals surface area contributed by atoms with Crippen molar-refractivity contribution in [3.63, 3.8) is 0 Å². The molecular formula is C13H12N4O2S2. The summed E-state index contributed by atoms with van der Waals surface area (Å²) >= 11 is 2.83. The molecular weight excluding hydrogens is 308 g/mol. The Balaban J connectivity index is 1.77. The van der Waals surface area contributed by atoms with E-state index < -0.39 is 0 Å². The van der Waals surface area contributed by atoms with Crippen LogP contribution in [-0.2, 0) is 11.3 Å². The Morgan fingerprint density at radius 3 is 3.10 bits per heavy atom. The topological polar surface area (TPSA) is 97.1 Å². The summed E-state index contributed by atoms with van der Waals surface area (Å²) in [6.07, 6.45) is 0. The monoisotopic (exact) mass is 320 g/mol. The second-order valence-electron chi connectivity index (χ2n) is 4.33. The van der Waals surface area contributed by atoms with Gasteiger partial charge < -0.3 is 16.4 Å². The van der Waals surface area contributed by atoms with Gasteiger partial charge in [0.2, 0.25) is 5.91 Å². The SMILES string of the molecule is NCc1nc(C(=O)Nc2ccc3c(c2)NC(=O)CS3)cs1. The largest absolute Gasteiger partial charge is 0.325 e. The van der Waals surface area contributed by atoms with Gasteiger partial charge in [-0.05, 0) is 18.2 Å². The standard InChI is InChI=1S/C13H12N4O2S2/c14-4-12-17-9(5-21-12)13(19)15-7-1-2-10-8(3-7)16-11(18)6-20-10/h1-3,5H,4,6,14H2,(H,15,19)(H,16,18). The average molecular weight is 320 g/mol. The van der Waals surface area contributed by atoms with Crippen LogP contribution in [0.5, 0.6) is 0 Å². The first kappa shape index (κ1) is 14.1. The summed E-state index contributed by atoms with van der Waals surface area (Å²) in [6, 6.07) is 5.42. The smallest absolute Gasteiger partial charge is 0.275 e. The zero-order chi connectivity index (χ0) is 14.8. The van der Waals surface area contributed by atoms with Gasteiger partial charge >= 0.3 is 0 Å². The Kier molecular flexibility index (Phi) is 3.91. The van der Waals surface area contributed by atoms with Crippen LogP contribution in [0.2, 0.25) is 0 Å². The lowest BCUT2D eigenvalue weighted by Crippen LogP contribution is -2.19. The maximum absolute atomic E-state index is 12.1. The van der Waals surface area contributed by atoms with E-state index in [4.69, 9.17) is 5.73 Å². The van der Waals surface area contributed by atoms with Crippen LogP contribution < -0.4 is 16.4 Å². The molecule has 0 radical (unpaired) electrons. The molecule has 108 valence electrons. The first-order valence-electron chi connectivity index (χ1n) is 6.18. The van der Waals surface area contributed by atoms with Gasteiger partial charge in [0.1, 0.15) is 10.7 Å². The number of aromatic nitrogens is 1. The van der Waals surface area contributed by atoms with Gasteiger partial charge in [-0.15, -0.1) is 23.1 Å². The van der Waals surface area contributed by atoms with Crippen LogP contribution in [-0.4, -0.2) is 22.6 Å². The molecule has 0 unspecified atom stereocenters. The fourth-order valence-corrected chi connectivity index (χ4v) is 3.31.